The van der Waals surface area contributed by atoms with Crippen LogP contribution in [0.3, 0.4) is 0 Å². The predicted octanol–water partition coefficient (Wildman–Crippen LogP) is -0.0704. The first-order chi connectivity index (χ1) is 7.95. The molecule has 2 unspecified atom stereocenters. The van der Waals surface area contributed by atoms with Gasteiger partial charge in [0.25, 0.3) is 0 Å². The van der Waals surface area contributed by atoms with E-state index < -0.39 is 18.2 Å². The molecule has 0 radical (unpaired) electrons. The zero-order valence-electron chi connectivity index (χ0n) is 9.75. The SMILES string of the molecule is COC(=O)CC(O)C(O)c1ncc(C)cc1N. The Kier molecular flexibility index (Phi) is 4.42. The van der Waals surface area contributed by atoms with E-state index >= 15 is 0 Å². The molecule has 0 aromatic carbocycles. The van der Waals surface area contributed by atoms with Crippen molar-refractivity contribution in [2.24, 2.45) is 0 Å². The third kappa shape index (κ3) is 3.40. The zero-order chi connectivity index (χ0) is 13.0. The molecule has 17 heavy (non-hydrogen) atoms. The Balaban J connectivity index is 2.81. The number of aromatic nitrogens is 1. The van der Waals surface area contributed by atoms with E-state index in [1.54, 1.807) is 6.07 Å². The molecule has 0 saturated heterocycles. The number of carbonyl (C=O) groups is 1. The number of anilines is 1. The number of methoxy groups -OCH3 is 1. The number of rotatable bonds is 4. The van der Waals surface area contributed by atoms with Crippen molar-refractivity contribution in [3.05, 3.63) is 23.5 Å². The third-order valence-corrected chi connectivity index (χ3v) is 2.33. The molecule has 0 aliphatic rings. The molecular formula is C11H16N2O4. The molecular weight excluding hydrogens is 224 g/mol. The minimum Gasteiger partial charge on any atom is -0.469 e. The number of nitrogens with zero attached hydrogens (tertiary/aromatic N) is 1. The molecule has 1 aromatic heterocycles. The Morgan fingerprint density at radius 2 is 2.24 bits per heavy atom. The number of aliphatic hydroxyl groups excluding tert-OH is 2. The first-order valence-corrected chi connectivity index (χ1v) is 5.10. The molecule has 6 heteroatoms. The summed E-state index contributed by atoms with van der Waals surface area (Å²) in [5.74, 6) is -0.609. The number of aryl methyl sites for hydroxylation is 1. The summed E-state index contributed by atoms with van der Waals surface area (Å²) in [7, 11) is 1.21. The van der Waals surface area contributed by atoms with E-state index in [1.165, 1.54) is 13.3 Å². The standard InChI is InChI=1S/C11H16N2O4/c1-6-3-7(12)10(13-5-6)11(16)8(14)4-9(15)17-2/h3,5,8,11,14,16H,4,12H2,1-2H3. The smallest absolute Gasteiger partial charge is 0.308 e. The lowest BCUT2D eigenvalue weighted by Crippen LogP contribution is -2.24. The first kappa shape index (κ1) is 13.4. The molecule has 0 saturated carbocycles. The molecule has 4 N–H and O–H groups in total. The largest absolute Gasteiger partial charge is 0.469 e. The Hall–Kier alpha value is -1.66. The average molecular weight is 240 g/mol. The van der Waals surface area contributed by atoms with Crippen LogP contribution in [-0.4, -0.2) is 34.4 Å². The van der Waals surface area contributed by atoms with Crippen LogP contribution in [0.4, 0.5) is 5.69 Å². The molecule has 1 rings (SSSR count). The van der Waals surface area contributed by atoms with Gasteiger partial charge in [0.1, 0.15) is 6.10 Å². The van der Waals surface area contributed by atoms with Gasteiger partial charge in [-0.2, -0.15) is 0 Å². The van der Waals surface area contributed by atoms with Crippen LogP contribution in [0.5, 0.6) is 0 Å². The number of aliphatic hydroxyl groups is 2. The lowest BCUT2D eigenvalue weighted by Gasteiger charge is -2.17. The Morgan fingerprint density at radius 1 is 1.59 bits per heavy atom. The summed E-state index contributed by atoms with van der Waals surface area (Å²) in [6, 6.07) is 1.64. The summed E-state index contributed by atoms with van der Waals surface area (Å²) in [4.78, 5) is 14.9. The number of hydrogen-bond acceptors (Lipinski definition) is 6. The van der Waals surface area contributed by atoms with Gasteiger partial charge < -0.3 is 20.7 Å². The van der Waals surface area contributed by atoms with Crippen LogP contribution < -0.4 is 5.73 Å². The molecule has 1 heterocycles. The van der Waals surface area contributed by atoms with Gasteiger partial charge in [-0.15, -0.1) is 0 Å². The van der Waals surface area contributed by atoms with Crippen molar-refractivity contribution in [1.29, 1.82) is 0 Å². The second-order valence-corrected chi connectivity index (χ2v) is 3.78. The van der Waals surface area contributed by atoms with Gasteiger partial charge in [-0.25, -0.2) is 0 Å². The quantitative estimate of drug-likeness (QED) is 0.636. The Labute approximate surface area is 99.0 Å². The van der Waals surface area contributed by atoms with Gasteiger partial charge in [0.05, 0.1) is 31.0 Å². The second kappa shape index (κ2) is 5.60. The van der Waals surface area contributed by atoms with E-state index in [1.807, 2.05) is 6.92 Å². The van der Waals surface area contributed by atoms with Crippen molar-refractivity contribution in [1.82, 2.24) is 4.98 Å². The van der Waals surface area contributed by atoms with Gasteiger partial charge in [0.2, 0.25) is 0 Å². The van der Waals surface area contributed by atoms with Crippen molar-refractivity contribution in [2.45, 2.75) is 25.6 Å². The molecule has 0 aliphatic carbocycles. The van der Waals surface area contributed by atoms with Gasteiger partial charge in [0.15, 0.2) is 0 Å². The lowest BCUT2D eigenvalue weighted by atomic mass is 10.1. The van der Waals surface area contributed by atoms with Crippen molar-refractivity contribution in [2.75, 3.05) is 12.8 Å². The van der Waals surface area contributed by atoms with E-state index in [0.29, 0.717) is 0 Å². The molecule has 0 fully saturated rings. The summed E-state index contributed by atoms with van der Waals surface area (Å²) in [6.45, 7) is 1.81. The fourth-order valence-electron chi connectivity index (χ4n) is 1.40. The highest BCUT2D eigenvalue weighted by atomic mass is 16.5. The van der Waals surface area contributed by atoms with Gasteiger partial charge in [-0.05, 0) is 18.6 Å². The Morgan fingerprint density at radius 3 is 2.76 bits per heavy atom. The maximum absolute atomic E-state index is 11.0. The first-order valence-electron chi connectivity index (χ1n) is 5.10. The van der Waals surface area contributed by atoms with Crippen LogP contribution >= 0.6 is 0 Å². The van der Waals surface area contributed by atoms with Crippen LogP contribution in [0.2, 0.25) is 0 Å². The fourth-order valence-corrected chi connectivity index (χ4v) is 1.40. The second-order valence-electron chi connectivity index (χ2n) is 3.78. The topological polar surface area (TPSA) is 106 Å². The minimum absolute atomic E-state index is 0.159. The number of hydrogen-bond donors (Lipinski definition) is 3. The van der Waals surface area contributed by atoms with Gasteiger partial charge >= 0.3 is 5.97 Å². The van der Waals surface area contributed by atoms with Gasteiger partial charge in [-0.3, -0.25) is 9.78 Å². The van der Waals surface area contributed by atoms with Crippen molar-refractivity contribution in [3.63, 3.8) is 0 Å². The monoisotopic (exact) mass is 240 g/mol. The zero-order valence-corrected chi connectivity index (χ0v) is 9.75. The van der Waals surface area contributed by atoms with Gasteiger partial charge in [0, 0.05) is 6.20 Å². The van der Waals surface area contributed by atoms with E-state index in [0.717, 1.165) is 5.56 Å². The predicted molar refractivity (Wildman–Crippen MR) is 61.0 cm³/mol. The molecule has 0 aliphatic heterocycles. The molecule has 1 aromatic rings. The molecule has 0 bridgehead atoms. The average Bonchev–Trinajstić information content (AvgIpc) is 2.28. The van der Waals surface area contributed by atoms with Crippen LogP contribution in [0.1, 0.15) is 23.8 Å². The number of pyridine rings is 1. The van der Waals surface area contributed by atoms with Crippen molar-refractivity contribution < 1.29 is 19.7 Å². The highest BCUT2D eigenvalue weighted by Crippen LogP contribution is 2.23. The highest BCUT2D eigenvalue weighted by molar-refractivity contribution is 5.69. The summed E-state index contributed by atoms with van der Waals surface area (Å²) >= 11 is 0. The maximum Gasteiger partial charge on any atom is 0.308 e. The highest BCUT2D eigenvalue weighted by Gasteiger charge is 2.24. The summed E-state index contributed by atoms with van der Waals surface area (Å²) in [5.41, 5.74) is 6.96. The number of ether oxygens (including phenoxy) is 1. The molecule has 2 atom stereocenters. The van der Waals surface area contributed by atoms with Crippen LogP contribution in [0.15, 0.2) is 12.3 Å². The molecule has 94 valence electrons. The Bertz CT molecular complexity index is 408. The molecule has 0 amide bonds. The van der Waals surface area contributed by atoms with E-state index in [-0.39, 0.29) is 17.8 Å². The number of nitrogen functional groups attached to an aromatic ring is 1. The fraction of sp³-hybridized carbons (Fsp3) is 0.455. The number of nitrogens with two attached hydrogens (primary N) is 1. The lowest BCUT2D eigenvalue weighted by molar-refractivity contribution is -0.144. The number of esters is 1. The summed E-state index contributed by atoms with van der Waals surface area (Å²) < 4.78 is 4.39. The van der Waals surface area contributed by atoms with Gasteiger partial charge in [-0.1, -0.05) is 0 Å². The minimum atomic E-state index is -1.31. The number of carbonyl (C=O) groups excluding carboxylic acids is 1. The molecule has 6 nitrogen and oxygen atoms in total. The van der Waals surface area contributed by atoms with Crippen LogP contribution in [0, 0.1) is 6.92 Å². The van der Waals surface area contributed by atoms with Crippen LogP contribution in [0.25, 0.3) is 0 Å². The van der Waals surface area contributed by atoms with Crippen molar-refractivity contribution >= 4 is 11.7 Å². The third-order valence-electron chi connectivity index (χ3n) is 2.33. The van der Waals surface area contributed by atoms with E-state index in [2.05, 4.69) is 9.72 Å². The normalized spacial score (nSPS) is 14.1. The molecule has 0 spiro atoms. The van der Waals surface area contributed by atoms with Crippen LogP contribution in [-0.2, 0) is 9.53 Å². The van der Waals surface area contributed by atoms with E-state index in [4.69, 9.17) is 5.73 Å². The van der Waals surface area contributed by atoms with Crippen molar-refractivity contribution in [3.8, 4) is 0 Å². The summed E-state index contributed by atoms with van der Waals surface area (Å²) in [6.07, 6.45) is -1.39. The summed E-state index contributed by atoms with van der Waals surface area (Å²) in [5, 5.41) is 19.4. The van der Waals surface area contributed by atoms with E-state index in [9.17, 15) is 15.0 Å². The maximum atomic E-state index is 11.0.